The molecule has 8 rings (SSSR count). The average Bonchev–Trinajstić information content (AvgIpc) is 3.72. The maximum atomic E-state index is 13.9. The van der Waals surface area contributed by atoms with Crippen LogP contribution in [0.15, 0.2) is 89.6 Å². The van der Waals surface area contributed by atoms with Gasteiger partial charge in [-0.3, -0.25) is 19.8 Å². The van der Waals surface area contributed by atoms with Crippen LogP contribution in [0.25, 0.3) is 16.6 Å². The highest BCUT2D eigenvalue weighted by atomic mass is 32.2. The van der Waals surface area contributed by atoms with Gasteiger partial charge < -0.3 is 24.7 Å². The first-order valence-electron chi connectivity index (χ1n) is 21.2. The van der Waals surface area contributed by atoms with E-state index in [9.17, 15) is 36.5 Å². The summed E-state index contributed by atoms with van der Waals surface area (Å²) in [4.78, 5) is 36.7. The Morgan fingerprint density at radius 3 is 2.58 bits per heavy atom. The van der Waals surface area contributed by atoms with Gasteiger partial charge in [0.05, 0.1) is 33.7 Å². The van der Waals surface area contributed by atoms with Gasteiger partial charge in [0.15, 0.2) is 0 Å². The Morgan fingerprint density at radius 1 is 1.06 bits per heavy atom. The highest BCUT2D eigenvalue weighted by Crippen LogP contribution is 2.45. The third kappa shape index (κ3) is 10.0. The van der Waals surface area contributed by atoms with Crippen LogP contribution < -0.4 is 19.7 Å². The predicted molar refractivity (Wildman–Crippen MR) is 237 cm³/mol. The highest BCUT2D eigenvalue weighted by Gasteiger charge is 2.34. The highest BCUT2D eigenvalue weighted by molar-refractivity contribution is 7.90. The minimum Gasteiger partial charge on any atom is -0.455 e. The monoisotopic (exact) mass is 901 g/mol. The molecule has 2 saturated heterocycles. The Bertz CT molecular complexity index is 2720. The summed E-state index contributed by atoms with van der Waals surface area (Å²) in [5.41, 5.74) is 4.12. The van der Waals surface area contributed by atoms with Gasteiger partial charge in [-0.25, -0.2) is 18.1 Å². The fourth-order valence-electron chi connectivity index (χ4n) is 8.75. The zero-order valence-electron chi connectivity index (χ0n) is 35.8. The molecule has 0 unspecified atom stereocenters. The standard InChI is InChI=1S/C46H50F3N7O7S/c1-29-21-32(46(47,48)49)6-9-37(29)39-25-45(2,3)14-12-31(39)27-54-16-18-55(19-17-54)34-7-10-38(42(23-34)63-35-22-30-13-15-50-43(30)51-26-35)44(57)53-64(60,61)36-8-11-40(41(24-36)56(58)59)52-33-5-4-20-62-28-33/h6-11,13,15,21-24,26,33,52H,4-5,12,14,16-20,25,27-28H2,1-3H3,(H,50,51)(H,53,57)/t33-/m1/s1. The van der Waals surface area contributed by atoms with Gasteiger partial charge in [0.25, 0.3) is 21.6 Å². The largest absolute Gasteiger partial charge is 0.455 e. The van der Waals surface area contributed by atoms with Crippen molar-refractivity contribution in [3.8, 4) is 11.5 Å². The maximum absolute atomic E-state index is 13.9. The van der Waals surface area contributed by atoms with E-state index in [1.165, 1.54) is 42.1 Å². The Balaban J connectivity index is 1.02. The lowest BCUT2D eigenvalue weighted by molar-refractivity contribution is -0.384. The molecule has 338 valence electrons. The number of alkyl halides is 3. The number of nitrogens with one attached hydrogen (secondary N) is 3. The van der Waals surface area contributed by atoms with E-state index in [1.807, 2.05) is 6.07 Å². The molecule has 18 heteroatoms. The summed E-state index contributed by atoms with van der Waals surface area (Å²) in [6.45, 7) is 10.4. The minimum atomic E-state index is -4.61. The number of aromatic nitrogens is 2. The van der Waals surface area contributed by atoms with Crippen LogP contribution in [-0.4, -0.2) is 86.1 Å². The van der Waals surface area contributed by atoms with Crippen LogP contribution in [0.5, 0.6) is 11.5 Å². The number of hydrogen-bond acceptors (Lipinski definition) is 11. The molecule has 1 atom stereocenters. The first kappa shape index (κ1) is 44.6. The third-order valence-corrected chi connectivity index (χ3v) is 13.6. The molecule has 3 aromatic carbocycles. The summed E-state index contributed by atoms with van der Waals surface area (Å²) in [5.74, 6) is -0.638. The number of nitro benzene ring substituents is 1. The summed E-state index contributed by atoms with van der Waals surface area (Å²) >= 11 is 0. The number of anilines is 2. The van der Waals surface area contributed by atoms with E-state index in [4.69, 9.17) is 9.47 Å². The molecule has 1 aliphatic carbocycles. The van der Waals surface area contributed by atoms with Gasteiger partial charge >= 0.3 is 6.18 Å². The van der Waals surface area contributed by atoms with Crippen LogP contribution in [0.4, 0.5) is 30.2 Å². The maximum Gasteiger partial charge on any atom is 0.416 e. The lowest BCUT2D eigenvalue weighted by Crippen LogP contribution is -2.47. The summed E-state index contributed by atoms with van der Waals surface area (Å²) in [6, 6.07) is 15.7. The van der Waals surface area contributed by atoms with Gasteiger partial charge in [-0.1, -0.05) is 25.5 Å². The first-order chi connectivity index (χ1) is 30.4. The molecule has 3 N–H and O–H groups in total. The summed E-state index contributed by atoms with van der Waals surface area (Å²) < 4.78 is 81.8. The second kappa shape index (κ2) is 17.9. The molecule has 0 spiro atoms. The van der Waals surface area contributed by atoms with Crippen molar-refractivity contribution in [2.24, 2.45) is 5.41 Å². The molecule has 0 radical (unpaired) electrons. The van der Waals surface area contributed by atoms with Crippen LogP contribution in [0.2, 0.25) is 0 Å². The van der Waals surface area contributed by atoms with Gasteiger partial charge in [0.2, 0.25) is 0 Å². The normalized spacial score (nSPS) is 18.5. The number of amides is 1. The summed E-state index contributed by atoms with van der Waals surface area (Å²) in [7, 11) is -4.61. The number of piperazine rings is 1. The number of hydrogen-bond donors (Lipinski definition) is 3. The lowest BCUT2D eigenvalue weighted by atomic mass is 9.72. The lowest BCUT2D eigenvalue weighted by Gasteiger charge is -2.39. The Kier molecular flexibility index (Phi) is 12.5. The number of halogens is 3. The fourth-order valence-corrected chi connectivity index (χ4v) is 9.74. The molecule has 2 aliphatic heterocycles. The molecule has 2 fully saturated rings. The van der Waals surface area contributed by atoms with Gasteiger partial charge in [0.1, 0.15) is 22.8 Å². The van der Waals surface area contributed by atoms with Crippen LogP contribution in [0, 0.1) is 22.5 Å². The number of nitro groups is 1. The Morgan fingerprint density at radius 2 is 1.86 bits per heavy atom. The number of sulfonamides is 1. The number of pyridine rings is 1. The first-order valence-corrected chi connectivity index (χ1v) is 22.7. The number of allylic oxidation sites excluding steroid dienone is 1. The zero-order valence-corrected chi connectivity index (χ0v) is 36.6. The number of fused-ring (bicyclic) bond motifs is 1. The minimum absolute atomic E-state index is 0.0114. The molecule has 0 bridgehead atoms. The van der Waals surface area contributed by atoms with Crippen molar-refractivity contribution in [1.29, 1.82) is 0 Å². The smallest absolute Gasteiger partial charge is 0.416 e. The predicted octanol–water partition coefficient (Wildman–Crippen LogP) is 9.09. The SMILES string of the molecule is Cc1cc(C(F)(F)F)ccc1C1=C(CN2CCN(c3ccc(C(=O)NS(=O)(=O)c4ccc(N[C@@H]5CCCOC5)c([N+](=O)[O-])c4)c(Oc4cnc5[nH]ccc5c4)c3)CC2)CCC(C)(C)C1. The number of rotatable bonds is 12. The van der Waals surface area contributed by atoms with Crippen molar-refractivity contribution < 1.29 is 40.8 Å². The van der Waals surface area contributed by atoms with Gasteiger partial charge in [0, 0.05) is 74.8 Å². The van der Waals surface area contributed by atoms with Crippen molar-refractivity contribution in [2.75, 3.05) is 56.2 Å². The Labute approximate surface area is 369 Å². The zero-order chi connectivity index (χ0) is 45.4. The van der Waals surface area contributed by atoms with E-state index in [1.54, 1.807) is 37.4 Å². The quantitative estimate of drug-likeness (QED) is 0.0806. The van der Waals surface area contributed by atoms with E-state index < -0.39 is 43.2 Å². The van der Waals surface area contributed by atoms with E-state index in [-0.39, 0.29) is 28.5 Å². The van der Waals surface area contributed by atoms with Crippen LogP contribution in [-0.2, 0) is 20.9 Å². The number of ether oxygens (including phenoxy) is 2. The van der Waals surface area contributed by atoms with Crippen molar-refractivity contribution in [2.45, 2.75) is 70.0 Å². The van der Waals surface area contributed by atoms with Gasteiger partial charge in [-0.05, 0) is 110 Å². The van der Waals surface area contributed by atoms with Crippen LogP contribution >= 0.6 is 0 Å². The molecule has 1 amide bonds. The van der Waals surface area contributed by atoms with E-state index in [0.717, 1.165) is 60.4 Å². The number of aryl methyl sites for hydroxylation is 1. The second-order valence-corrected chi connectivity index (χ2v) is 19.2. The molecule has 5 aromatic rings. The summed E-state index contributed by atoms with van der Waals surface area (Å²) in [5, 5.41) is 15.9. The number of aromatic amines is 1. The second-order valence-electron chi connectivity index (χ2n) is 17.5. The molecule has 64 heavy (non-hydrogen) atoms. The molecular weight excluding hydrogens is 852 g/mol. The van der Waals surface area contributed by atoms with Crippen molar-refractivity contribution in [3.05, 3.63) is 117 Å². The number of nitrogens with zero attached hydrogens (tertiary/aromatic N) is 4. The average molecular weight is 902 g/mol. The van der Waals surface area contributed by atoms with E-state index >= 15 is 0 Å². The number of benzene rings is 3. The van der Waals surface area contributed by atoms with Crippen LogP contribution in [0.3, 0.4) is 0 Å². The van der Waals surface area contributed by atoms with Crippen molar-refractivity contribution in [3.63, 3.8) is 0 Å². The molecule has 3 aliphatic rings. The van der Waals surface area contributed by atoms with Crippen molar-refractivity contribution >= 4 is 49.6 Å². The third-order valence-electron chi connectivity index (χ3n) is 12.3. The number of carbonyl (C=O) groups is 1. The molecule has 2 aromatic heterocycles. The van der Waals surface area contributed by atoms with Crippen LogP contribution in [0.1, 0.15) is 73.0 Å². The molecular formula is C46H50F3N7O7S. The molecule has 0 saturated carbocycles. The van der Waals surface area contributed by atoms with E-state index in [2.05, 4.69) is 43.7 Å². The molecule has 4 heterocycles. The van der Waals surface area contributed by atoms with Crippen molar-refractivity contribution in [1.82, 2.24) is 19.6 Å². The fraction of sp³-hybridized carbons (Fsp3) is 0.391. The topological polar surface area (TPSA) is 172 Å². The molecule has 14 nitrogen and oxygen atoms in total. The number of H-pyrrole nitrogens is 1. The summed E-state index contributed by atoms with van der Waals surface area (Å²) in [6.07, 6.45) is 2.90. The van der Waals surface area contributed by atoms with Gasteiger partial charge in [-0.15, -0.1) is 0 Å². The number of carbonyl (C=O) groups excluding carboxylic acids is 1. The Hall–Kier alpha value is -5.98. The van der Waals surface area contributed by atoms with E-state index in [0.29, 0.717) is 62.9 Å². The van der Waals surface area contributed by atoms with Gasteiger partial charge in [-0.2, -0.15) is 13.2 Å².